The van der Waals surface area contributed by atoms with Crippen LogP contribution in [-0.4, -0.2) is 8.96 Å². The molecule has 1 aromatic rings. The number of hydrogen-bond donors (Lipinski definition) is 0. The molecule has 4 atom stereocenters. The van der Waals surface area contributed by atoms with Crippen LogP contribution in [0.5, 0.6) is 0 Å². The van der Waals surface area contributed by atoms with Gasteiger partial charge < -0.3 is 0 Å². The molecule has 2 aliphatic carbocycles. The van der Waals surface area contributed by atoms with Gasteiger partial charge in [-0.2, -0.15) is 5.26 Å². The van der Waals surface area contributed by atoms with Crippen LogP contribution in [0.25, 0.3) is 0 Å². The molecule has 0 N–H and O–H groups in total. The first-order valence-corrected chi connectivity index (χ1v) is 6.98. The molecule has 2 aliphatic rings. The van der Waals surface area contributed by atoms with Crippen molar-refractivity contribution in [2.24, 2.45) is 11.8 Å². The van der Waals surface area contributed by atoms with E-state index >= 15 is 0 Å². The van der Waals surface area contributed by atoms with E-state index in [1.807, 2.05) is 30.3 Å². The first-order chi connectivity index (χ1) is 8.26. The van der Waals surface area contributed by atoms with Crippen molar-refractivity contribution in [3.05, 3.63) is 42.5 Å². The van der Waals surface area contributed by atoms with E-state index in [1.165, 1.54) is 0 Å². The van der Waals surface area contributed by atoms with Gasteiger partial charge in [0.1, 0.15) is 4.75 Å². The summed E-state index contributed by atoms with van der Waals surface area (Å²) < 4.78 is 12.0. The van der Waals surface area contributed by atoms with Gasteiger partial charge in [-0.1, -0.05) is 30.4 Å². The van der Waals surface area contributed by atoms with Crippen LogP contribution < -0.4 is 0 Å². The van der Waals surface area contributed by atoms with Gasteiger partial charge in [0.25, 0.3) is 0 Å². The van der Waals surface area contributed by atoms with E-state index in [4.69, 9.17) is 0 Å². The third-order valence-corrected chi connectivity index (χ3v) is 5.74. The van der Waals surface area contributed by atoms with Crippen molar-refractivity contribution in [1.29, 1.82) is 5.26 Å². The Morgan fingerprint density at radius 1 is 1.29 bits per heavy atom. The standard InChI is InChI=1S/C14H13NOS/c15-10-14(9-11-6-7-12(14)8-11)17(16)13-4-2-1-3-5-13/h1-7,11-12H,8-9H2/t11-,12+,14+,17?/m0/s1. The number of fused-ring (bicyclic) bond motifs is 2. The van der Waals surface area contributed by atoms with Gasteiger partial charge in [-0.05, 0) is 30.9 Å². The summed E-state index contributed by atoms with van der Waals surface area (Å²) >= 11 is 0. The zero-order valence-electron chi connectivity index (χ0n) is 9.37. The Bertz CT molecular complexity index is 531. The summed E-state index contributed by atoms with van der Waals surface area (Å²) in [5.74, 6) is 0.617. The van der Waals surface area contributed by atoms with E-state index in [-0.39, 0.29) is 5.92 Å². The number of benzene rings is 1. The van der Waals surface area contributed by atoms with E-state index in [1.54, 1.807) is 0 Å². The maximum Gasteiger partial charge on any atom is 0.143 e. The number of hydrogen-bond acceptors (Lipinski definition) is 2. The summed E-state index contributed by atoms with van der Waals surface area (Å²) in [5, 5.41) is 9.49. The predicted molar refractivity (Wildman–Crippen MR) is 66.5 cm³/mol. The average Bonchev–Trinajstić information content (AvgIpc) is 2.99. The van der Waals surface area contributed by atoms with Crippen LogP contribution in [0.1, 0.15) is 12.8 Å². The van der Waals surface area contributed by atoms with E-state index in [0.29, 0.717) is 5.92 Å². The molecule has 2 bridgehead atoms. The zero-order valence-corrected chi connectivity index (χ0v) is 10.2. The summed E-state index contributed by atoms with van der Waals surface area (Å²) in [5.41, 5.74) is 0. The minimum absolute atomic E-state index is 0.165. The monoisotopic (exact) mass is 243 g/mol. The molecule has 2 nitrogen and oxygen atoms in total. The van der Waals surface area contributed by atoms with Crippen molar-refractivity contribution in [3.8, 4) is 6.07 Å². The summed E-state index contributed by atoms with van der Waals surface area (Å²) in [7, 11) is -1.23. The van der Waals surface area contributed by atoms with Gasteiger partial charge in [0.05, 0.1) is 16.9 Å². The number of allylic oxidation sites excluding steroid dienone is 2. The Labute approximate surface area is 103 Å². The van der Waals surface area contributed by atoms with Gasteiger partial charge in [-0.25, -0.2) is 0 Å². The minimum Gasteiger partial charge on any atom is -0.253 e. The molecule has 0 aliphatic heterocycles. The molecule has 0 heterocycles. The lowest BCUT2D eigenvalue weighted by atomic mass is 9.94. The van der Waals surface area contributed by atoms with Crippen molar-refractivity contribution < 1.29 is 4.21 Å². The fraction of sp³-hybridized carbons (Fsp3) is 0.357. The highest BCUT2D eigenvalue weighted by molar-refractivity contribution is 7.86. The molecule has 1 saturated carbocycles. The third-order valence-electron chi connectivity index (χ3n) is 3.81. The maximum atomic E-state index is 12.6. The lowest BCUT2D eigenvalue weighted by molar-refractivity contribution is 0.573. The average molecular weight is 243 g/mol. The largest absolute Gasteiger partial charge is 0.253 e. The van der Waals surface area contributed by atoms with Gasteiger partial charge in [0.2, 0.25) is 0 Å². The molecule has 1 unspecified atom stereocenters. The molecule has 0 aromatic heterocycles. The van der Waals surface area contributed by atoms with E-state index in [9.17, 15) is 9.47 Å². The van der Waals surface area contributed by atoms with Crippen molar-refractivity contribution in [2.45, 2.75) is 22.5 Å². The normalized spacial score (nSPS) is 35.7. The second kappa shape index (κ2) is 3.82. The Morgan fingerprint density at radius 3 is 2.59 bits per heavy atom. The highest BCUT2D eigenvalue weighted by Crippen LogP contribution is 2.50. The second-order valence-electron chi connectivity index (χ2n) is 4.77. The van der Waals surface area contributed by atoms with Crippen LogP contribution in [0.3, 0.4) is 0 Å². The van der Waals surface area contributed by atoms with E-state index in [2.05, 4.69) is 18.2 Å². The molecule has 0 amide bonds. The summed E-state index contributed by atoms with van der Waals surface area (Å²) in [4.78, 5) is 0.773. The first kappa shape index (κ1) is 10.7. The van der Waals surface area contributed by atoms with Gasteiger partial charge in [-0.3, -0.25) is 4.21 Å². The summed E-state index contributed by atoms with van der Waals surface area (Å²) in [6.07, 6.45) is 5.99. The van der Waals surface area contributed by atoms with Crippen LogP contribution in [0, 0.1) is 23.2 Å². The van der Waals surface area contributed by atoms with Crippen molar-refractivity contribution >= 4 is 10.8 Å². The van der Waals surface area contributed by atoms with E-state index < -0.39 is 15.5 Å². The van der Waals surface area contributed by atoms with Gasteiger partial charge in [0.15, 0.2) is 0 Å². The highest BCUT2D eigenvalue weighted by atomic mass is 32.2. The van der Waals surface area contributed by atoms with Crippen molar-refractivity contribution in [3.63, 3.8) is 0 Å². The second-order valence-corrected chi connectivity index (χ2v) is 6.51. The van der Waals surface area contributed by atoms with E-state index in [0.717, 1.165) is 17.7 Å². The predicted octanol–water partition coefficient (Wildman–Crippen LogP) is 2.65. The summed E-state index contributed by atoms with van der Waals surface area (Å²) in [6, 6.07) is 11.7. The van der Waals surface area contributed by atoms with Crippen LogP contribution in [0.2, 0.25) is 0 Å². The minimum atomic E-state index is -1.23. The van der Waals surface area contributed by atoms with Gasteiger partial charge in [-0.15, -0.1) is 0 Å². The Morgan fingerprint density at radius 2 is 2.06 bits per heavy atom. The molecule has 3 rings (SSSR count). The molecule has 86 valence electrons. The molecular weight excluding hydrogens is 230 g/mol. The number of rotatable bonds is 2. The van der Waals surface area contributed by atoms with Crippen molar-refractivity contribution in [2.75, 3.05) is 0 Å². The highest BCUT2D eigenvalue weighted by Gasteiger charge is 2.53. The molecule has 17 heavy (non-hydrogen) atoms. The molecule has 1 aromatic carbocycles. The number of nitrogens with zero attached hydrogens (tertiary/aromatic N) is 1. The smallest absolute Gasteiger partial charge is 0.143 e. The van der Waals surface area contributed by atoms with Crippen LogP contribution in [0.4, 0.5) is 0 Å². The molecular formula is C14H13NOS. The fourth-order valence-electron chi connectivity index (χ4n) is 2.95. The Hall–Kier alpha value is -1.40. The van der Waals surface area contributed by atoms with Crippen LogP contribution >= 0.6 is 0 Å². The Balaban J connectivity index is 2.01. The maximum absolute atomic E-state index is 12.6. The molecule has 0 spiro atoms. The lowest BCUT2D eigenvalue weighted by Gasteiger charge is -2.27. The first-order valence-electron chi connectivity index (χ1n) is 5.83. The Kier molecular flexibility index (Phi) is 2.41. The van der Waals surface area contributed by atoms with Crippen molar-refractivity contribution in [1.82, 2.24) is 0 Å². The SMILES string of the molecule is N#C[C@]1(S(=O)c2ccccc2)C[C@H]2C=C[C@@H]1C2. The van der Waals surface area contributed by atoms with Crippen LogP contribution in [-0.2, 0) is 10.8 Å². The molecule has 3 heteroatoms. The molecule has 0 saturated heterocycles. The topological polar surface area (TPSA) is 40.9 Å². The summed E-state index contributed by atoms with van der Waals surface area (Å²) in [6.45, 7) is 0. The number of nitriles is 1. The fourth-order valence-corrected chi connectivity index (χ4v) is 4.67. The quantitative estimate of drug-likeness (QED) is 0.749. The third kappa shape index (κ3) is 1.48. The zero-order chi connectivity index (χ0) is 11.9. The van der Waals surface area contributed by atoms with Gasteiger partial charge in [0, 0.05) is 10.8 Å². The molecule has 0 radical (unpaired) electrons. The molecule has 1 fully saturated rings. The van der Waals surface area contributed by atoms with Gasteiger partial charge >= 0.3 is 0 Å². The van der Waals surface area contributed by atoms with Crippen LogP contribution in [0.15, 0.2) is 47.4 Å². The lowest BCUT2D eigenvalue weighted by Crippen LogP contribution is -2.37.